The maximum Gasteiger partial charge on any atom is 0.221 e. The summed E-state index contributed by atoms with van der Waals surface area (Å²) in [5, 5.41) is 40.9. The predicted octanol–water partition coefficient (Wildman–Crippen LogP) is 1.93. The first-order chi connectivity index (χ1) is 22.0. The second-order valence-corrected chi connectivity index (χ2v) is 11.1. The average Bonchev–Trinajstić information content (AvgIpc) is 3.34. The molecule has 4 N–H and O–H groups in total. The number of methoxy groups -OCH3 is 1. The van der Waals surface area contributed by atoms with Crippen LogP contribution in [0.4, 0.5) is 0 Å². The first-order valence-corrected chi connectivity index (χ1v) is 15.0. The van der Waals surface area contributed by atoms with E-state index in [-0.39, 0.29) is 26.4 Å². The van der Waals surface area contributed by atoms with E-state index in [1.807, 2.05) is 91.0 Å². The molecule has 0 unspecified atom stereocenters. The zero-order valence-corrected chi connectivity index (χ0v) is 25.2. The van der Waals surface area contributed by atoms with Crippen molar-refractivity contribution in [3.8, 4) is 0 Å². The van der Waals surface area contributed by atoms with Crippen molar-refractivity contribution >= 4 is 0 Å². The van der Waals surface area contributed by atoms with Gasteiger partial charge in [-0.25, -0.2) is 0 Å². The molecule has 5 rings (SSSR count). The van der Waals surface area contributed by atoms with E-state index in [0.29, 0.717) is 0 Å². The average molecular weight is 627 g/mol. The fraction of sp³-hybridized carbons (Fsp3) is 0.471. The van der Waals surface area contributed by atoms with Crippen molar-refractivity contribution < 1.29 is 53.6 Å². The van der Waals surface area contributed by atoms with Crippen LogP contribution in [-0.4, -0.2) is 102 Å². The number of rotatable bonds is 15. The third kappa shape index (κ3) is 8.15. The molecule has 244 valence electrons. The van der Waals surface area contributed by atoms with Crippen LogP contribution >= 0.6 is 0 Å². The number of ether oxygens (including phenoxy) is 7. The molecule has 2 heterocycles. The van der Waals surface area contributed by atoms with Gasteiger partial charge in [-0.15, -0.1) is 0 Å². The minimum Gasteiger partial charge on any atom is -0.394 e. The molecule has 3 aromatic carbocycles. The van der Waals surface area contributed by atoms with E-state index in [1.54, 1.807) is 0 Å². The Bertz CT molecular complexity index is 1270. The lowest BCUT2D eigenvalue weighted by Crippen LogP contribution is -2.62. The fourth-order valence-corrected chi connectivity index (χ4v) is 5.59. The first kappa shape index (κ1) is 33.6. The molecule has 0 radical (unpaired) electrons. The molecule has 0 amide bonds. The second-order valence-electron chi connectivity index (χ2n) is 11.1. The normalized spacial score (nSPS) is 31.7. The third-order valence-electron chi connectivity index (χ3n) is 8.08. The Kier molecular flexibility index (Phi) is 12.1. The highest BCUT2D eigenvalue weighted by Crippen LogP contribution is 2.35. The van der Waals surface area contributed by atoms with Crippen molar-refractivity contribution in [1.82, 2.24) is 0 Å². The van der Waals surface area contributed by atoms with E-state index in [1.165, 1.54) is 7.11 Å². The van der Waals surface area contributed by atoms with Crippen LogP contribution in [0.2, 0.25) is 0 Å². The highest BCUT2D eigenvalue weighted by molar-refractivity contribution is 5.16. The maximum atomic E-state index is 10.7. The van der Waals surface area contributed by atoms with Gasteiger partial charge in [-0.05, 0) is 16.7 Å². The van der Waals surface area contributed by atoms with Gasteiger partial charge < -0.3 is 53.6 Å². The van der Waals surface area contributed by atoms with Gasteiger partial charge in [0.2, 0.25) is 5.79 Å². The summed E-state index contributed by atoms with van der Waals surface area (Å²) in [6.07, 6.45) is -8.24. The molecule has 11 heteroatoms. The van der Waals surface area contributed by atoms with Crippen LogP contribution in [0.15, 0.2) is 91.0 Å². The largest absolute Gasteiger partial charge is 0.394 e. The number of hydrogen-bond donors (Lipinski definition) is 4. The summed E-state index contributed by atoms with van der Waals surface area (Å²) in [6.45, 7) is -0.880. The molecule has 0 aromatic heterocycles. The molecule has 0 spiro atoms. The van der Waals surface area contributed by atoms with E-state index in [9.17, 15) is 20.4 Å². The van der Waals surface area contributed by atoms with Crippen LogP contribution in [0.25, 0.3) is 0 Å². The van der Waals surface area contributed by atoms with Crippen LogP contribution in [-0.2, 0) is 53.0 Å². The third-order valence-corrected chi connectivity index (χ3v) is 8.08. The smallest absolute Gasteiger partial charge is 0.221 e. The van der Waals surface area contributed by atoms with Crippen LogP contribution in [0, 0.1) is 0 Å². The SMILES string of the molecule is CO[C@H]1O[C@H](CO[C@@]2(CO)O[C@H](CO)[C@@H](O)[C@@H]2O)[C@@H](OCc2ccccc2)[C@H](OCc2ccccc2)[C@@H]1OCc1ccccc1. The standard InChI is InChI=1S/C34H42O11/c1-39-33-31(42-20-25-15-9-4-10-16-25)30(41-19-24-13-7-3-8-14-24)29(40-18-23-11-5-2-6-12-23)27(44-33)21-43-34(22-36)32(38)28(37)26(17-35)45-34/h2-16,26-33,35-38H,17-22H2,1H3/t26-,27-,28-,29-,30+,31+,32+,33+,34+/m1/s1. The Morgan fingerprint density at radius 2 is 1.16 bits per heavy atom. The quantitative estimate of drug-likeness (QED) is 0.196. The van der Waals surface area contributed by atoms with Gasteiger partial charge >= 0.3 is 0 Å². The summed E-state index contributed by atoms with van der Waals surface area (Å²) in [5.74, 6) is -2.00. The zero-order valence-electron chi connectivity index (χ0n) is 25.2. The van der Waals surface area contributed by atoms with E-state index in [4.69, 9.17) is 33.2 Å². The van der Waals surface area contributed by atoms with Gasteiger partial charge in [0.1, 0.15) is 49.3 Å². The Morgan fingerprint density at radius 3 is 1.60 bits per heavy atom. The van der Waals surface area contributed by atoms with Crippen molar-refractivity contribution in [1.29, 1.82) is 0 Å². The summed E-state index contributed by atoms with van der Waals surface area (Å²) in [6, 6.07) is 29.1. The van der Waals surface area contributed by atoms with Gasteiger partial charge in [-0.1, -0.05) is 91.0 Å². The predicted molar refractivity (Wildman–Crippen MR) is 160 cm³/mol. The molecule has 2 aliphatic heterocycles. The summed E-state index contributed by atoms with van der Waals surface area (Å²) < 4.78 is 43.2. The molecule has 0 bridgehead atoms. The van der Waals surface area contributed by atoms with Crippen molar-refractivity contribution in [2.24, 2.45) is 0 Å². The van der Waals surface area contributed by atoms with Crippen molar-refractivity contribution in [2.75, 3.05) is 26.9 Å². The zero-order chi connectivity index (χ0) is 31.6. The molecule has 2 aliphatic rings. The van der Waals surface area contributed by atoms with Gasteiger partial charge in [0.15, 0.2) is 6.29 Å². The van der Waals surface area contributed by atoms with Crippen LogP contribution in [0.1, 0.15) is 16.7 Å². The number of aliphatic hydroxyl groups is 4. The van der Waals surface area contributed by atoms with Crippen molar-refractivity contribution in [2.45, 2.75) is 74.6 Å². The molecule has 11 nitrogen and oxygen atoms in total. The monoisotopic (exact) mass is 626 g/mol. The summed E-state index contributed by atoms with van der Waals surface area (Å²) in [4.78, 5) is 0. The Hall–Kier alpha value is -2.78. The van der Waals surface area contributed by atoms with Gasteiger partial charge in [0, 0.05) is 7.11 Å². The second kappa shape index (κ2) is 16.2. The molecular formula is C34H42O11. The summed E-state index contributed by atoms with van der Waals surface area (Å²) >= 11 is 0. The van der Waals surface area contributed by atoms with E-state index in [0.717, 1.165) is 16.7 Å². The van der Waals surface area contributed by atoms with Crippen molar-refractivity contribution in [3.63, 3.8) is 0 Å². The fourth-order valence-electron chi connectivity index (χ4n) is 5.59. The highest BCUT2D eigenvalue weighted by atomic mass is 16.8. The maximum absolute atomic E-state index is 10.7. The first-order valence-electron chi connectivity index (χ1n) is 15.0. The highest BCUT2D eigenvalue weighted by Gasteiger charge is 2.56. The number of hydrogen-bond acceptors (Lipinski definition) is 11. The number of aliphatic hydroxyl groups excluding tert-OH is 4. The van der Waals surface area contributed by atoms with Crippen LogP contribution in [0.5, 0.6) is 0 Å². The Morgan fingerprint density at radius 1 is 0.667 bits per heavy atom. The summed E-state index contributed by atoms with van der Waals surface area (Å²) in [5.41, 5.74) is 2.82. The molecule has 2 saturated heterocycles. The van der Waals surface area contributed by atoms with Crippen LogP contribution < -0.4 is 0 Å². The van der Waals surface area contributed by atoms with Crippen LogP contribution in [0.3, 0.4) is 0 Å². The number of benzene rings is 3. The van der Waals surface area contributed by atoms with Gasteiger partial charge in [-0.2, -0.15) is 0 Å². The van der Waals surface area contributed by atoms with Gasteiger partial charge in [0.05, 0.1) is 33.0 Å². The lowest BCUT2D eigenvalue weighted by atomic mass is 9.97. The Labute approximate surface area is 262 Å². The van der Waals surface area contributed by atoms with E-state index >= 15 is 0 Å². The van der Waals surface area contributed by atoms with Gasteiger partial charge in [0.25, 0.3) is 0 Å². The van der Waals surface area contributed by atoms with E-state index in [2.05, 4.69) is 0 Å². The summed E-state index contributed by atoms with van der Waals surface area (Å²) in [7, 11) is 1.50. The lowest BCUT2D eigenvalue weighted by molar-refractivity contribution is -0.341. The van der Waals surface area contributed by atoms with Gasteiger partial charge in [-0.3, -0.25) is 0 Å². The topological polar surface area (TPSA) is 146 Å². The molecule has 0 saturated carbocycles. The molecule has 3 aromatic rings. The molecular weight excluding hydrogens is 584 g/mol. The van der Waals surface area contributed by atoms with E-state index < -0.39 is 68.0 Å². The minimum atomic E-state index is -2.00. The molecule has 45 heavy (non-hydrogen) atoms. The molecule has 9 atom stereocenters. The lowest BCUT2D eigenvalue weighted by Gasteiger charge is -2.46. The minimum absolute atomic E-state index is 0.217. The van der Waals surface area contributed by atoms with Crippen molar-refractivity contribution in [3.05, 3.63) is 108 Å². The molecule has 2 fully saturated rings. The molecule has 0 aliphatic carbocycles. The Balaban J connectivity index is 1.43.